The molecule has 0 spiro atoms. The first kappa shape index (κ1) is 36.2. The van der Waals surface area contributed by atoms with Gasteiger partial charge in [0.2, 0.25) is 23.6 Å². The molecule has 3 aromatic carbocycles. The van der Waals surface area contributed by atoms with Crippen LogP contribution in [0.2, 0.25) is 0 Å². The predicted molar refractivity (Wildman–Crippen MR) is 166 cm³/mol. The van der Waals surface area contributed by atoms with E-state index >= 15 is 0 Å². The summed E-state index contributed by atoms with van der Waals surface area (Å²) in [5.41, 5.74) is 7.82. The van der Waals surface area contributed by atoms with Crippen molar-refractivity contribution >= 4 is 29.5 Å². The average Bonchev–Trinajstić information content (AvgIpc) is 3.05. The number of halogens is 3. The molecule has 3 rings (SSSR count). The molecule has 4 unspecified atom stereocenters. The van der Waals surface area contributed by atoms with Gasteiger partial charge in [-0.1, -0.05) is 72.8 Å². The number of alkyl halides is 3. The number of aliphatic hydroxyl groups is 1. The summed E-state index contributed by atoms with van der Waals surface area (Å²) in [6.45, 7) is 0.716. The number of hydrogen-bond donors (Lipinski definition) is 6. The fourth-order valence-electron chi connectivity index (χ4n) is 4.53. The summed E-state index contributed by atoms with van der Waals surface area (Å²) in [5.74, 6) is -4.09. The van der Waals surface area contributed by atoms with Crippen LogP contribution < -0.4 is 27.0 Å². The summed E-state index contributed by atoms with van der Waals surface area (Å²) >= 11 is 0. The Labute approximate surface area is 269 Å². The van der Waals surface area contributed by atoms with Crippen LogP contribution in [0.25, 0.3) is 11.1 Å². The van der Waals surface area contributed by atoms with Crippen LogP contribution in [-0.2, 0) is 25.6 Å². The van der Waals surface area contributed by atoms with Crippen LogP contribution in [0.15, 0.2) is 84.9 Å². The van der Waals surface area contributed by atoms with E-state index in [9.17, 15) is 42.3 Å². The van der Waals surface area contributed by atoms with Crippen molar-refractivity contribution in [3.63, 3.8) is 0 Å². The molecule has 3 aromatic rings. The van der Waals surface area contributed by atoms with Gasteiger partial charge in [-0.3, -0.25) is 24.0 Å². The number of aliphatic hydroxyl groups excluding tert-OH is 1. The molecule has 0 saturated carbocycles. The molecule has 11 nitrogen and oxygen atoms in total. The lowest BCUT2D eigenvalue weighted by Gasteiger charge is -2.27. The third-order valence-corrected chi connectivity index (χ3v) is 7.10. The smallest absolute Gasteiger partial charge is 0.382 e. The molecule has 7 N–H and O–H groups in total. The summed E-state index contributed by atoms with van der Waals surface area (Å²) in [5, 5.41) is 19.1. The third kappa shape index (κ3) is 11.6. The second-order valence-electron chi connectivity index (χ2n) is 10.8. The van der Waals surface area contributed by atoms with Crippen molar-refractivity contribution in [3.8, 4) is 11.1 Å². The van der Waals surface area contributed by atoms with E-state index in [1.807, 2.05) is 35.6 Å². The van der Waals surface area contributed by atoms with Crippen molar-refractivity contribution in [2.75, 3.05) is 6.54 Å². The molecule has 0 aliphatic heterocycles. The van der Waals surface area contributed by atoms with Gasteiger partial charge >= 0.3 is 6.18 Å². The van der Waals surface area contributed by atoms with Crippen LogP contribution >= 0.6 is 0 Å². The Kier molecular flexibility index (Phi) is 13.0. The van der Waals surface area contributed by atoms with Gasteiger partial charge in [-0.2, -0.15) is 13.2 Å². The molecule has 0 aliphatic carbocycles. The van der Waals surface area contributed by atoms with Crippen molar-refractivity contribution in [1.29, 1.82) is 0 Å². The fraction of sp³-hybridized carbons (Fsp3) is 0.303. The molecule has 4 atom stereocenters. The van der Waals surface area contributed by atoms with E-state index < -0.39 is 79.3 Å². The highest BCUT2D eigenvalue weighted by Crippen LogP contribution is 2.24. The third-order valence-electron chi connectivity index (χ3n) is 7.10. The van der Waals surface area contributed by atoms with E-state index in [1.165, 1.54) is 6.92 Å². The standard InChI is InChI=1S/C33H36F3N5O6/c1-20(30(45)41-25(16-17-27(37)42)29(44)33(34,35)36)39-32(47)26(18-21-8-4-2-5-9-21)40-28(43)19-38-31(46)24-14-12-23(13-15-24)22-10-6-3-7-11-22/h2-15,20,25-26,29,44H,16-19H2,1H3,(H2,37,42)(H,38,46)(H,39,47)(H,40,43)(H,41,45). The van der Waals surface area contributed by atoms with Crippen LogP contribution in [-0.4, -0.2) is 71.6 Å². The maximum atomic E-state index is 13.2. The monoisotopic (exact) mass is 655 g/mol. The maximum Gasteiger partial charge on any atom is 0.416 e. The lowest BCUT2D eigenvalue weighted by molar-refractivity contribution is -0.212. The van der Waals surface area contributed by atoms with Crippen molar-refractivity contribution in [3.05, 3.63) is 96.1 Å². The van der Waals surface area contributed by atoms with Gasteiger partial charge in [-0.05, 0) is 42.2 Å². The van der Waals surface area contributed by atoms with E-state index in [0.717, 1.165) is 11.1 Å². The zero-order valence-electron chi connectivity index (χ0n) is 25.4. The molecule has 0 bridgehead atoms. The SMILES string of the molecule is CC(NC(=O)C(Cc1ccccc1)NC(=O)CNC(=O)c1ccc(-c2ccccc2)cc1)C(=O)NC(CCC(N)=O)C(O)C(F)(F)F. The Balaban J connectivity index is 1.63. The predicted octanol–water partition coefficient (Wildman–Crippen LogP) is 1.99. The zero-order chi connectivity index (χ0) is 34.6. The zero-order valence-corrected chi connectivity index (χ0v) is 25.4. The summed E-state index contributed by atoms with van der Waals surface area (Å²) in [6, 6.07) is 20.3. The minimum absolute atomic E-state index is 0.0182. The van der Waals surface area contributed by atoms with Gasteiger partial charge in [0.15, 0.2) is 6.10 Å². The number of amides is 5. The molecule has 0 aromatic heterocycles. The van der Waals surface area contributed by atoms with Crippen LogP contribution in [0.1, 0.15) is 35.7 Å². The molecular weight excluding hydrogens is 619 g/mol. The Bertz CT molecular complexity index is 1520. The number of hydrogen-bond acceptors (Lipinski definition) is 6. The first-order chi connectivity index (χ1) is 22.2. The number of carbonyl (C=O) groups is 5. The van der Waals surface area contributed by atoms with Gasteiger partial charge in [-0.15, -0.1) is 0 Å². The lowest BCUT2D eigenvalue weighted by atomic mass is 10.0. The average molecular weight is 656 g/mol. The van der Waals surface area contributed by atoms with Crippen LogP contribution in [0.3, 0.4) is 0 Å². The van der Waals surface area contributed by atoms with E-state index in [0.29, 0.717) is 11.1 Å². The van der Waals surface area contributed by atoms with Gasteiger partial charge in [-0.25, -0.2) is 0 Å². The van der Waals surface area contributed by atoms with Gasteiger partial charge in [0.1, 0.15) is 12.1 Å². The second-order valence-corrected chi connectivity index (χ2v) is 10.8. The van der Waals surface area contributed by atoms with Crippen LogP contribution in [0.4, 0.5) is 13.2 Å². The normalized spacial score (nSPS) is 13.7. The highest BCUT2D eigenvalue weighted by molar-refractivity contribution is 5.98. The first-order valence-corrected chi connectivity index (χ1v) is 14.7. The topological polar surface area (TPSA) is 180 Å². The quantitative estimate of drug-likeness (QED) is 0.146. The summed E-state index contributed by atoms with van der Waals surface area (Å²) in [7, 11) is 0. The number of nitrogens with two attached hydrogens (primary N) is 1. The summed E-state index contributed by atoms with van der Waals surface area (Å²) in [6.07, 6.45) is -9.25. The molecule has 250 valence electrons. The highest BCUT2D eigenvalue weighted by atomic mass is 19.4. The molecule has 0 saturated heterocycles. The van der Waals surface area contributed by atoms with E-state index in [-0.39, 0.29) is 6.42 Å². The van der Waals surface area contributed by atoms with E-state index in [1.54, 1.807) is 54.6 Å². The first-order valence-electron chi connectivity index (χ1n) is 14.7. The number of rotatable bonds is 15. The minimum atomic E-state index is -5.10. The Hall–Kier alpha value is -5.24. The Morgan fingerprint density at radius 2 is 1.36 bits per heavy atom. The van der Waals surface area contributed by atoms with Crippen molar-refractivity contribution in [2.45, 2.75) is 56.6 Å². The van der Waals surface area contributed by atoms with Crippen molar-refractivity contribution in [1.82, 2.24) is 21.3 Å². The molecule has 0 heterocycles. The van der Waals surface area contributed by atoms with Crippen molar-refractivity contribution < 1.29 is 42.3 Å². The lowest BCUT2D eigenvalue weighted by Crippen LogP contribution is -2.57. The van der Waals surface area contributed by atoms with Gasteiger partial charge in [0, 0.05) is 18.4 Å². The number of primary amides is 1. The summed E-state index contributed by atoms with van der Waals surface area (Å²) < 4.78 is 39.5. The Morgan fingerprint density at radius 1 is 0.787 bits per heavy atom. The van der Waals surface area contributed by atoms with Crippen LogP contribution in [0, 0.1) is 0 Å². The minimum Gasteiger partial charge on any atom is -0.382 e. The molecular formula is C33H36F3N5O6. The molecule has 0 aliphatic rings. The van der Waals surface area contributed by atoms with Crippen LogP contribution in [0.5, 0.6) is 0 Å². The molecule has 5 amide bonds. The Morgan fingerprint density at radius 3 is 1.94 bits per heavy atom. The molecule has 0 radical (unpaired) electrons. The molecule has 0 fully saturated rings. The number of benzene rings is 3. The molecule has 14 heteroatoms. The highest BCUT2D eigenvalue weighted by Gasteiger charge is 2.44. The van der Waals surface area contributed by atoms with E-state index in [4.69, 9.17) is 5.73 Å². The second kappa shape index (κ2) is 16.9. The fourth-order valence-corrected chi connectivity index (χ4v) is 4.53. The number of nitrogens with one attached hydrogen (secondary N) is 4. The number of carbonyl (C=O) groups excluding carboxylic acids is 5. The van der Waals surface area contributed by atoms with Crippen molar-refractivity contribution in [2.24, 2.45) is 5.73 Å². The van der Waals surface area contributed by atoms with Gasteiger partial charge < -0.3 is 32.1 Å². The largest absolute Gasteiger partial charge is 0.416 e. The summed E-state index contributed by atoms with van der Waals surface area (Å²) in [4.78, 5) is 62.6. The van der Waals surface area contributed by atoms with Gasteiger partial charge in [0.25, 0.3) is 5.91 Å². The maximum absolute atomic E-state index is 13.2. The van der Waals surface area contributed by atoms with E-state index in [2.05, 4.69) is 16.0 Å². The molecule has 47 heavy (non-hydrogen) atoms. The van der Waals surface area contributed by atoms with Gasteiger partial charge in [0.05, 0.1) is 12.6 Å².